The Morgan fingerprint density at radius 2 is 1.63 bits per heavy atom. The van der Waals surface area contributed by atoms with Gasteiger partial charge >= 0.3 is 11.9 Å². The molecule has 0 amide bonds. The Labute approximate surface area is 292 Å². The topological polar surface area (TPSA) is 130 Å². The Balaban J connectivity index is 1.44. The summed E-state index contributed by atoms with van der Waals surface area (Å²) in [7, 11) is 0. The molecule has 0 unspecified atom stereocenters. The first kappa shape index (κ1) is 33.0. The molecule has 0 saturated carbocycles. The number of aromatic nitrogens is 1. The molecule has 7 rings (SSSR count). The van der Waals surface area contributed by atoms with E-state index in [4.69, 9.17) is 14.5 Å². The fourth-order valence-electron chi connectivity index (χ4n) is 5.92. The number of halogens is 1. The van der Waals surface area contributed by atoms with Crippen LogP contribution in [0.25, 0.3) is 22.5 Å². The fourth-order valence-corrected chi connectivity index (χ4v) is 6.91. The molecule has 0 N–H and O–H groups in total. The molecule has 1 aromatic heterocycles. The van der Waals surface area contributed by atoms with Crippen molar-refractivity contribution in [3.63, 3.8) is 0 Å². The number of nitrogens with zero attached hydrogens (tertiary/aromatic N) is 3. The molecule has 0 aliphatic carbocycles. The molecule has 51 heavy (non-hydrogen) atoms. The minimum Gasteiger partial charge on any atom is -0.463 e. The molecule has 10 nitrogen and oxygen atoms in total. The lowest BCUT2D eigenvalue weighted by Gasteiger charge is -2.25. The number of benzene rings is 5. The molecule has 0 spiro atoms. The van der Waals surface area contributed by atoms with Gasteiger partial charge in [0.1, 0.15) is 11.6 Å². The van der Waals surface area contributed by atoms with E-state index in [1.54, 1.807) is 37.3 Å². The van der Waals surface area contributed by atoms with Crippen molar-refractivity contribution in [2.45, 2.75) is 13.0 Å². The van der Waals surface area contributed by atoms with Crippen molar-refractivity contribution in [3.05, 3.63) is 179 Å². The molecule has 2 heterocycles. The van der Waals surface area contributed by atoms with Gasteiger partial charge in [-0.2, -0.15) is 0 Å². The summed E-state index contributed by atoms with van der Waals surface area (Å²) in [5.74, 6) is -1.75. The number of rotatable bonds is 8. The van der Waals surface area contributed by atoms with Crippen LogP contribution in [0.4, 0.5) is 10.1 Å². The van der Waals surface area contributed by atoms with Gasteiger partial charge in [-0.15, -0.1) is 0 Å². The molecule has 5 aromatic carbocycles. The highest BCUT2D eigenvalue weighted by atomic mass is 32.1. The van der Waals surface area contributed by atoms with Gasteiger partial charge in [-0.3, -0.25) is 19.5 Å². The predicted molar refractivity (Wildman–Crippen MR) is 189 cm³/mol. The van der Waals surface area contributed by atoms with Crippen molar-refractivity contribution in [2.24, 2.45) is 4.99 Å². The van der Waals surface area contributed by atoms with Crippen LogP contribution in [0.15, 0.2) is 131 Å². The highest BCUT2D eigenvalue weighted by molar-refractivity contribution is 7.07. The lowest BCUT2D eigenvalue weighted by Crippen LogP contribution is -2.40. The second-order valence-electron chi connectivity index (χ2n) is 11.4. The molecule has 0 saturated heterocycles. The monoisotopic (exact) mass is 699 g/mol. The minimum absolute atomic E-state index is 0.0768. The van der Waals surface area contributed by atoms with Gasteiger partial charge in [-0.1, -0.05) is 84.1 Å². The third-order valence-corrected chi connectivity index (χ3v) is 9.26. The van der Waals surface area contributed by atoms with Gasteiger partial charge in [-0.25, -0.2) is 19.0 Å². The van der Waals surface area contributed by atoms with Crippen molar-refractivity contribution in [1.29, 1.82) is 0 Å². The van der Waals surface area contributed by atoms with Crippen molar-refractivity contribution in [3.8, 4) is 5.75 Å². The summed E-state index contributed by atoms with van der Waals surface area (Å²) >= 11 is 1.08. The van der Waals surface area contributed by atoms with Crippen molar-refractivity contribution >= 4 is 51.5 Å². The average Bonchev–Trinajstić information content (AvgIpc) is 3.46. The zero-order chi connectivity index (χ0) is 35.6. The van der Waals surface area contributed by atoms with Gasteiger partial charge in [0.25, 0.3) is 11.2 Å². The number of hydrogen-bond donors (Lipinski definition) is 0. The molecule has 0 radical (unpaired) electrons. The average molecular weight is 700 g/mol. The second kappa shape index (κ2) is 13.8. The highest BCUT2D eigenvalue weighted by Crippen LogP contribution is 2.35. The summed E-state index contributed by atoms with van der Waals surface area (Å²) < 4.78 is 27.1. The number of esters is 2. The summed E-state index contributed by atoms with van der Waals surface area (Å²) in [5.41, 5.74) is 1.41. The summed E-state index contributed by atoms with van der Waals surface area (Å²) in [6.45, 7) is 1.76. The fraction of sp³-hybridized carbons (Fsp3) is 0.0769. The van der Waals surface area contributed by atoms with Gasteiger partial charge < -0.3 is 9.47 Å². The van der Waals surface area contributed by atoms with E-state index in [1.807, 2.05) is 42.5 Å². The zero-order valence-corrected chi connectivity index (χ0v) is 27.6. The Kier molecular flexibility index (Phi) is 8.90. The van der Waals surface area contributed by atoms with Crippen LogP contribution >= 0.6 is 11.3 Å². The molecule has 1 atom stereocenters. The van der Waals surface area contributed by atoms with Crippen LogP contribution in [-0.4, -0.2) is 28.0 Å². The third-order valence-electron chi connectivity index (χ3n) is 8.28. The zero-order valence-electron chi connectivity index (χ0n) is 26.8. The van der Waals surface area contributed by atoms with Gasteiger partial charge in [0.05, 0.1) is 38.9 Å². The van der Waals surface area contributed by atoms with E-state index < -0.39 is 34.3 Å². The Morgan fingerprint density at radius 3 is 2.33 bits per heavy atom. The number of non-ortho nitro benzene ring substituents is 1. The van der Waals surface area contributed by atoms with E-state index in [-0.39, 0.29) is 38.5 Å². The predicted octanol–water partition coefficient (Wildman–Crippen LogP) is 6.36. The lowest BCUT2D eigenvalue weighted by molar-refractivity contribution is -0.384. The van der Waals surface area contributed by atoms with E-state index in [1.165, 1.54) is 53.1 Å². The number of fused-ring (bicyclic) bond motifs is 2. The Morgan fingerprint density at radius 1 is 0.922 bits per heavy atom. The quantitative estimate of drug-likeness (QED) is 0.0783. The first-order valence-corrected chi connectivity index (χ1v) is 16.6. The largest absolute Gasteiger partial charge is 0.463 e. The van der Waals surface area contributed by atoms with E-state index in [9.17, 15) is 28.9 Å². The van der Waals surface area contributed by atoms with E-state index in [0.717, 1.165) is 16.7 Å². The van der Waals surface area contributed by atoms with Gasteiger partial charge in [0.15, 0.2) is 4.80 Å². The first-order valence-electron chi connectivity index (χ1n) is 15.8. The van der Waals surface area contributed by atoms with Crippen LogP contribution in [0.2, 0.25) is 0 Å². The number of carbonyl (C=O) groups is 2. The standard InChI is InChI=1S/C39H26FN3O7S/c1-2-49-38(46)33-34(24-9-4-3-5-10-24)41-39-42(35(33)25-12-17-27(40)18-13-25)36(44)32(51-39)22-30-29-11-7-6-8-23(29)16-21-31(30)50-37(45)26-14-19-28(20-15-26)43(47)48/h3-22,35H,2H2,1H3/b32-22-/t35-/m1/s1. The number of ether oxygens (including phenoxy) is 2. The number of thiazole rings is 1. The number of carbonyl (C=O) groups excluding carboxylic acids is 2. The van der Waals surface area contributed by atoms with Crippen LogP contribution in [0.3, 0.4) is 0 Å². The van der Waals surface area contributed by atoms with Crippen LogP contribution in [0.1, 0.15) is 40.0 Å². The summed E-state index contributed by atoms with van der Waals surface area (Å²) in [4.78, 5) is 57.1. The van der Waals surface area contributed by atoms with Crippen LogP contribution in [0.5, 0.6) is 5.75 Å². The summed E-state index contributed by atoms with van der Waals surface area (Å²) in [6.07, 6.45) is 1.61. The maximum Gasteiger partial charge on any atom is 0.343 e. The third kappa shape index (κ3) is 6.35. The van der Waals surface area contributed by atoms with Crippen molar-refractivity contribution in [1.82, 2.24) is 4.57 Å². The van der Waals surface area contributed by atoms with E-state index in [0.29, 0.717) is 27.8 Å². The summed E-state index contributed by atoms with van der Waals surface area (Å²) in [6, 6.07) is 29.4. The first-order chi connectivity index (χ1) is 24.7. The van der Waals surface area contributed by atoms with Crippen LogP contribution in [0, 0.1) is 15.9 Å². The van der Waals surface area contributed by atoms with Gasteiger partial charge in [-0.05, 0) is 59.7 Å². The molecule has 0 bridgehead atoms. The Hall–Kier alpha value is -6.53. The number of nitro groups is 1. The maximum atomic E-state index is 14.5. The molecule has 12 heteroatoms. The number of nitro benzene ring substituents is 1. The van der Waals surface area contributed by atoms with Crippen LogP contribution in [-0.2, 0) is 9.53 Å². The lowest BCUT2D eigenvalue weighted by atomic mass is 9.93. The summed E-state index contributed by atoms with van der Waals surface area (Å²) in [5, 5.41) is 12.6. The van der Waals surface area contributed by atoms with Gasteiger partial charge in [0.2, 0.25) is 0 Å². The molecular weight excluding hydrogens is 674 g/mol. The Bertz CT molecular complexity index is 2560. The maximum absolute atomic E-state index is 14.5. The van der Waals surface area contributed by atoms with Crippen molar-refractivity contribution in [2.75, 3.05) is 6.61 Å². The smallest absolute Gasteiger partial charge is 0.343 e. The van der Waals surface area contributed by atoms with Crippen LogP contribution < -0.4 is 19.6 Å². The molecule has 1 aliphatic heterocycles. The molecule has 6 aromatic rings. The second-order valence-corrected chi connectivity index (χ2v) is 12.4. The minimum atomic E-state index is -1.01. The molecule has 252 valence electrons. The van der Waals surface area contributed by atoms with E-state index in [2.05, 4.69) is 0 Å². The SMILES string of the molecule is CCOC(=O)C1=C(c2ccccc2)N=c2s/c(=C\c3c(OC(=O)c4ccc([N+](=O)[O-])cc4)ccc4ccccc34)c(=O)n2[C@@H]1c1ccc(F)cc1. The highest BCUT2D eigenvalue weighted by Gasteiger charge is 2.35. The molecule has 0 fully saturated rings. The normalized spacial score (nSPS) is 14.2. The van der Waals surface area contributed by atoms with Crippen molar-refractivity contribution < 1.29 is 28.4 Å². The molecular formula is C39H26FN3O7S. The molecule has 1 aliphatic rings. The van der Waals surface area contributed by atoms with E-state index >= 15 is 0 Å². The number of hydrogen-bond acceptors (Lipinski definition) is 9. The van der Waals surface area contributed by atoms with Gasteiger partial charge in [0, 0.05) is 23.3 Å².